The highest BCUT2D eigenvalue weighted by Gasteiger charge is 2.22. The Hall–Kier alpha value is -1.46. The summed E-state index contributed by atoms with van der Waals surface area (Å²) in [6.07, 6.45) is 1.08. The quantitative estimate of drug-likeness (QED) is 0.278. The summed E-state index contributed by atoms with van der Waals surface area (Å²) in [5.74, 6) is 0.612. The van der Waals surface area contributed by atoms with Gasteiger partial charge in [0.2, 0.25) is 5.91 Å². The van der Waals surface area contributed by atoms with Gasteiger partial charge in [-0.3, -0.25) is 14.7 Å². The van der Waals surface area contributed by atoms with Crippen molar-refractivity contribution in [3.05, 3.63) is 30.1 Å². The first kappa shape index (κ1) is 25.6. The van der Waals surface area contributed by atoms with Crippen molar-refractivity contribution in [2.24, 2.45) is 10.9 Å². The van der Waals surface area contributed by atoms with E-state index in [1.165, 1.54) is 24.3 Å². The molecule has 0 radical (unpaired) electrons. The Morgan fingerprint density at radius 3 is 2.45 bits per heavy atom. The summed E-state index contributed by atoms with van der Waals surface area (Å²) in [5, 5.41) is 9.07. The molecule has 9 heteroatoms. The fourth-order valence-corrected chi connectivity index (χ4v) is 3.19. The maximum Gasteiger partial charge on any atom is 0.243 e. The number of hydrogen-bond donors (Lipinski definition) is 3. The molecule has 1 aliphatic rings. The number of carbonyl (C=O) groups is 1. The molecule has 1 saturated heterocycles. The summed E-state index contributed by atoms with van der Waals surface area (Å²) < 4.78 is 18.4. The standard InChI is InChI=1S/C20H32FN5O2.HI/c1-15(2)12-18(26-8-10-28-11-9-26)13-23-20(22-3)24-14-19(27)25-17-6-4-16(21)5-7-17;/h4-7,15,18H,8-14H2,1-3H3,(H,25,27)(H2,22,23,24);1H. The predicted octanol–water partition coefficient (Wildman–Crippen LogP) is 2.29. The molecule has 1 amide bonds. The first-order valence-electron chi connectivity index (χ1n) is 9.79. The number of carbonyl (C=O) groups excluding carboxylic acids is 1. The third-order valence-electron chi connectivity index (χ3n) is 4.58. The zero-order chi connectivity index (χ0) is 20.4. The number of ether oxygens (including phenoxy) is 1. The Balaban J connectivity index is 0.00000420. The molecular weight excluding hydrogens is 488 g/mol. The van der Waals surface area contributed by atoms with Crippen LogP contribution in [0.1, 0.15) is 20.3 Å². The van der Waals surface area contributed by atoms with Crippen molar-refractivity contribution in [3.8, 4) is 0 Å². The van der Waals surface area contributed by atoms with E-state index in [0.29, 0.717) is 23.6 Å². The molecule has 1 aliphatic heterocycles. The average Bonchev–Trinajstić information content (AvgIpc) is 2.69. The molecule has 1 unspecified atom stereocenters. The molecule has 0 aromatic heterocycles. The van der Waals surface area contributed by atoms with Crippen LogP contribution in [0.15, 0.2) is 29.3 Å². The number of anilines is 1. The highest BCUT2D eigenvalue weighted by molar-refractivity contribution is 14.0. The minimum atomic E-state index is -0.336. The largest absolute Gasteiger partial charge is 0.379 e. The molecule has 1 aromatic rings. The lowest BCUT2D eigenvalue weighted by molar-refractivity contribution is -0.115. The van der Waals surface area contributed by atoms with Gasteiger partial charge in [-0.15, -0.1) is 24.0 Å². The van der Waals surface area contributed by atoms with Gasteiger partial charge in [-0.1, -0.05) is 13.8 Å². The van der Waals surface area contributed by atoms with Gasteiger partial charge >= 0.3 is 0 Å². The summed E-state index contributed by atoms with van der Waals surface area (Å²) >= 11 is 0. The van der Waals surface area contributed by atoms with Gasteiger partial charge in [0.15, 0.2) is 5.96 Å². The molecule has 1 fully saturated rings. The summed E-state index contributed by atoms with van der Waals surface area (Å²) in [4.78, 5) is 18.7. The smallest absolute Gasteiger partial charge is 0.243 e. The highest BCUT2D eigenvalue weighted by atomic mass is 127. The van der Waals surface area contributed by atoms with Crippen LogP contribution in [0.25, 0.3) is 0 Å². The van der Waals surface area contributed by atoms with Crippen LogP contribution in [0.5, 0.6) is 0 Å². The number of nitrogens with zero attached hydrogens (tertiary/aromatic N) is 2. The third kappa shape index (κ3) is 9.72. The maximum atomic E-state index is 12.9. The van der Waals surface area contributed by atoms with Crippen molar-refractivity contribution >= 4 is 41.5 Å². The van der Waals surface area contributed by atoms with E-state index in [2.05, 4.69) is 39.7 Å². The number of halogens is 2. The van der Waals surface area contributed by atoms with E-state index in [1.807, 2.05) is 0 Å². The number of rotatable bonds is 8. The molecule has 0 saturated carbocycles. The lowest BCUT2D eigenvalue weighted by Gasteiger charge is -2.35. The zero-order valence-corrected chi connectivity index (χ0v) is 19.7. The average molecular weight is 521 g/mol. The molecule has 2 rings (SSSR count). The third-order valence-corrected chi connectivity index (χ3v) is 4.58. The van der Waals surface area contributed by atoms with Gasteiger partial charge < -0.3 is 20.7 Å². The van der Waals surface area contributed by atoms with E-state index in [4.69, 9.17) is 4.74 Å². The van der Waals surface area contributed by atoms with E-state index < -0.39 is 0 Å². The van der Waals surface area contributed by atoms with Gasteiger partial charge in [-0.2, -0.15) is 0 Å². The highest BCUT2D eigenvalue weighted by Crippen LogP contribution is 2.13. The Bertz CT molecular complexity index is 636. The van der Waals surface area contributed by atoms with Crippen molar-refractivity contribution < 1.29 is 13.9 Å². The van der Waals surface area contributed by atoms with Crippen molar-refractivity contribution in [3.63, 3.8) is 0 Å². The second-order valence-electron chi connectivity index (χ2n) is 7.29. The van der Waals surface area contributed by atoms with Gasteiger partial charge in [-0.25, -0.2) is 4.39 Å². The molecule has 1 aromatic carbocycles. The Morgan fingerprint density at radius 2 is 1.86 bits per heavy atom. The number of aliphatic imine (C=N–C) groups is 1. The number of hydrogen-bond acceptors (Lipinski definition) is 4. The molecule has 0 aliphatic carbocycles. The Labute approximate surface area is 189 Å². The van der Waals surface area contributed by atoms with Crippen LogP contribution >= 0.6 is 24.0 Å². The van der Waals surface area contributed by atoms with Crippen molar-refractivity contribution in [2.75, 3.05) is 51.8 Å². The zero-order valence-electron chi connectivity index (χ0n) is 17.4. The Kier molecular flexibility index (Phi) is 12.1. The number of guanidine groups is 1. The van der Waals surface area contributed by atoms with Gasteiger partial charge in [0.1, 0.15) is 5.82 Å². The van der Waals surface area contributed by atoms with Crippen LogP contribution in [0.3, 0.4) is 0 Å². The minimum Gasteiger partial charge on any atom is -0.379 e. The summed E-state index contributed by atoms with van der Waals surface area (Å²) in [7, 11) is 1.68. The second kappa shape index (κ2) is 13.7. The lowest BCUT2D eigenvalue weighted by atomic mass is 10.0. The molecule has 0 bridgehead atoms. The minimum absolute atomic E-state index is 0. The molecule has 1 heterocycles. The molecule has 1 atom stereocenters. The fourth-order valence-electron chi connectivity index (χ4n) is 3.19. The van der Waals surface area contributed by atoms with E-state index in [-0.39, 0.29) is 42.2 Å². The van der Waals surface area contributed by atoms with E-state index >= 15 is 0 Å². The number of nitrogens with one attached hydrogen (secondary N) is 3. The number of benzene rings is 1. The number of morpholine rings is 1. The van der Waals surface area contributed by atoms with Gasteiger partial charge in [0, 0.05) is 38.4 Å². The SMILES string of the molecule is CN=C(NCC(=O)Nc1ccc(F)cc1)NCC(CC(C)C)N1CCOCC1.I. The monoisotopic (exact) mass is 521 g/mol. The number of amides is 1. The molecule has 3 N–H and O–H groups in total. The van der Waals surface area contributed by atoms with Crippen molar-refractivity contribution in [1.82, 2.24) is 15.5 Å². The van der Waals surface area contributed by atoms with Crippen LogP contribution in [0.4, 0.5) is 10.1 Å². The summed E-state index contributed by atoms with van der Waals surface area (Å²) in [6, 6.07) is 6.06. The normalized spacial score (nSPS) is 16.1. The topological polar surface area (TPSA) is 78.0 Å². The maximum absolute atomic E-state index is 12.9. The van der Waals surface area contributed by atoms with Gasteiger partial charge in [0.05, 0.1) is 19.8 Å². The van der Waals surface area contributed by atoms with Crippen LogP contribution < -0.4 is 16.0 Å². The second-order valence-corrected chi connectivity index (χ2v) is 7.29. The summed E-state index contributed by atoms with van der Waals surface area (Å²) in [5.41, 5.74) is 0.556. The first-order valence-corrected chi connectivity index (χ1v) is 9.79. The molecule has 0 spiro atoms. The predicted molar refractivity (Wildman–Crippen MR) is 125 cm³/mol. The van der Waals surface area contributed by atoms with E-state index in [0.717, 1.165) is 39.3 Å². The van der Waals surface area contributed by atoms with Crippen molar-refractivity contribution in [1.29, 1.82) is 0 Å². The van der Waals surface area contributed by atoms with Crippen LogP contribution in [0.2, 0.25) is 0 Å². The molecular formula is C20H33FIN5O2. The Morgan fingerprint density at radius 1 is 1.21 bits per heavy atom. The lowest BCUT2D eigenvalue weighted by Crippen LogP contribution is -2.51. The first-order chi connectivity index (χ1) is 13.5. The van der Waals surface area contributed by atoms with E-state index in [9.17, 15) is 9.18 Å². The van der Waals surface area contributed by atoms with Crippen LogP contribution in [-0.2, 0) is 9.53 Å². The molecule has 29 heavy (non-hydrogen) atoms. The van der Waals surface area contributed by atoms with Crippen LogP contribution in [-0.4, -0.2) is 69.2 Å². The fraction of sp³-hybridized carbons (Fsp3) is 0.600. The summed E-state index contributed by atoms with van der Waals surface area (Å²) in [6.45, 7) is 8.67. The van der Waals surface area contributed by atoms with E-state index in [1.54, 1.807) is 7.05 Å². The molecule has 7 nitrogen and oxygen atoms in total. The van der Waals surface area contributed by atoms with Gasteiger partial charge in [0.25, 0.3) is 0 Å². The molecule has 164 valence electrons. The van der Waals surface area contributed by atoms with Crippen molar-refractivity contribution in [2.45, 2.75) is 26.3 Å². The van der Waals surface area contributed by atoms with Gasteiger partial charge in [-0.05, 0) is 36.6 Å². The van der Waals surface area contributed by atoms with Crippen LogP contribution in [0, 0.1) is 11.7 Å².